The second kappa shape index (κ2) is 5.75. The molecule has 0 aromatic heterocycles. The first kappa shape index (κ1) is 14.1. The zero-order chi connectivity index (χ0) is 13.8. The molecule has 1 atom stereocenters. The van der Waals surface area contributed by atoms with Crippen molar-refractivity contribution in [1.29, 1.82) is 5.26 Å². The van der Waals surface area contributed by atoms with E-state index in [4.69, 9.17) is 20.6 Å². The molecule has 3 saturated heterocycles. The zero-order valence-electron chi connectivity index (χ0n) is 11.2. The largest absolute Gasteiger partial charge is 0.327 e. The number of nitriles is 1. The van der Waals surface area contributed by atoms with E-state index in [1.165, 1.54) is 0 Å². The van der Waals surface area contributed by atoms with E-state index in [0.29, 0.717) is 26.1 Å². The highest BCUT2D eigenvalue weighted by atomic mass is 16.9. The van der Waals surface area contributed by atoms with E-state index < -0.39 is 12.1 Å². The van der Waals surface area contributed by atoms with Crippen LogP contribution in [0, 0.1) is 29.1 Å². The van der Waals surface area contributed by atoms with Gasteiger partial charge in [0.15, 0.2) is 6.10 Å². The summed E-state index contributed by atoms with van der Waals surface area (Å²) in [7, 11) is 0. The van der Waals surface area contributed by atoms with Gasteiger partial charge < -0.3 is 14.2 Å². The number of hydrogen-bond donors (Lipinski definition) is 0. The molecule has 3 aliphatic rings. The number of fused-ring (bicyclic) bond motifs is 3. The molecule has 0 aromatic carbocycles. The predicted molar refractivity (Wildman–Crippen MR) is 69.7 cm³/mol. The van der Waals surface area contributed by atoms with Gasteiger partial charge in [0.25, 0.3) is 5.97 Å². The predicted octanol–water partition coefficient (Wildman–Crippen LogP) is 2.37. The van der Waals surface area contributed by atoms with Gasteiger partial charge in [0.1, 0.15) is 0 Å². The van der Waals surface area contributed by atoms with Gasteiger partial charge in [0, 0.05) is 6.42 Å². The fraction of sp³-hybridized carbons (Fsp3) is 0.667. The minimum absolute atomic E-state index is 0.306. The maximum absolute atomic E-state index is 9.30. The highest BCUT2D eigenvalue weighted by Crippen LogP contribution is 2.47. The quantitative estimate of drug-likeness (QED) is 0.713. The Balaban J connectivity index is 2.03. The topological polar surface area (TPSA) is 51.5 Å². The summed E-state index contributed by atoms with van der Waals surface area (Å²) in [6, 6.07) is 2.25. The van der Waals surface area contributed by atoms with Crippen LogP contribution in [0.3, 0.4) is 0 Å². The summed E-state index contributed by atoms with van der Waals surface area (Å²) in [5.74, 6) is 1.37. The third-order valence-corrected chi connectivity index (χ3v) is 3.71. The van der Waals surface area contributed by atoms with Crippen LogP contribution in [0.15, 0.2) is 12.2 Å². The summed E-state index contributed by atoms with van der Waals surface area (Å²) in [6.45, 7) is 3.14. The van der Waals surface area contributed by atoms with Gasteiger partial charge in [-0.1, -0.05) is 25.3 Å². The Morgan fingerprint density at radius 2 is 2.11 bits per heavy atom. The van der Waals surface area contributed by atoms with E-state index in [1.54, 1.807) is 6.08 Å². The van der Waals surface area contributed by atoms with Gasteiger partial charge in [-0.3, -0.25) is 0 Å². The van der Waals surface area contributed by atoms with Crippen LogP contribution in [0.5, 0.6) is 0 Å². The molecule has 1 unspecified atom stereocenters. The minimum Gasteiger partial charge on any atom is -0.327 e. The van der Waals surface area contributed by atoms with Crippen molar-refractivity contribution in [3.63, 3.8) is 0 Å². The van der Waals surface area contributed by atoms with Crippen LogP contribution in [0.2, 0.25) is 0 Å². The average Bonchev–Trinajstić information content (AvgIpc) is 2.45. The maximum atomic E-state index is 9.30. The lowest BCUT2D eigenvalue weighted by atomic mass is 9.78. The first-order valence-corrected chi connectivity index (χ1v) is 6.67. The summed E-state index contributed by atoms with van der Waals surface area (Å²) >= 11 is 0. The summed E-state index contributed by atoms with van der Waals surface area (Å²) in [4.78, 5) is 0. The number of rotatable bonds is 5. The van der Waals surface area contributed by atoms with Crippen molar-refractivity contribution in [2.45, 2.75) is 44.7 Å². The summed E-state index contributed by atoms with van der Waals surface area (Å²) in [5, 5.41) is 9.30. The first-order valence-electron chi connectivity index (χ1n) is 6.67. The van der Waals surface area contributed by atoms with Gasteiger partial charge in [-0.2, -0.15) is 5.26 Å². The first-order chi connectivity index (χ1) is 9.20. The standard InChI is InChI=1S/C15H19NO3/c1-3-5-6-7-9-15-17-11-14(8-4-2,12-18-15)13(10-16)19-15/h1,5-6,13H,4,7-9,11-12H2,2H3/b6-5-. The van der Waals surface area contributed by atoms with Crippen LogP contribution in [0.1, 0.15) is 32.6 Å². The molecule has 2 bridgehead atoms. The van der Waals surface area contributed by atoms with Crippen LogP contribution in [0.25, 0.3) is 0 Å². The van der Waals surface area contributed by atoms with E-state index in [2.05, 4.69) is 18.9 Å². The van der Waals surface area contributed by atoms with Crippen molar-refractivity contribution in [2.75, 3.05) is 13.2 Å². The van der Waals surface area contributed by atoms with Gasteiger partial charge in [0.2, 0.25) is 0 Å². The number of allylic oxidation sites excluding steroid dienone is 2. The average molecular weight is 261 g/mol. The van der Waals surface area contributed by atoms with Crippen LogP contribution in [-0.4, -0.2) is 25.3 Å². The molecule has 3 rings (SSSR count). The Labute approximate surface area is 114 Å². The number of nitrogens with zero attached hydrogens (tertiary/aromatic N) is 1. The molecular formula is C15H19NO3. The maximum Gasteiger partial charge on any atom is 0.284 e. The Bertz CT molecular complexity index is 422. The molecule has 3 fully saturated rings. The molecule has 19 heavy (non-hydrogen) atoms. The SMILES string of the molecule is C#C/C=C\CCC12OCC(CCC)(CO1)C(C#N)O2. The van der Waals surface area contributed by atoms with Crippen molar-refractivity contribution < 1.29 is 14.2 Å². The summed E-state index contributed by atoms with van der Waals surface area (Å²) in [5.41, 5.74) is -0.306. The van der Waals surface area contributed by atoms with E-state index in [-0.39, 0.29) is 5.41 Å². The molecular weight excluding hydrogens is 242 g/mol. The summed E-state index contributed by atoms with van der Waals surface area (Å²) < 4.78 is 17.3. The second-order valence-corrected chi connectivity index (χ2v) is 5.11. The molecule has 0 amide bonds. The third kappa shape index (κ3) is 2.67. The van der Waals surface area contributed by atoms with Crippen molar-refractivity contribution in [3.8, 4) is 18.4 Å². The van der Waals surface area contributed by atoms with Crippen molar-refractivity contribution in [1.82, 2.24) is 0 Å². The van der Waals surface area contributed by atoms with Gasteiger partial charge >= 0.3 is 0 Å². The number of terminal acetylenes is 1. The molecule has 4 heteroatoms. The van der Waals surface area contributed by atoms with E-state index in [1.807, 2.05) is 6.08 Å². The minimum atomic E-state index is -1.06. The molecule has 102 valence electrons. The highest BCUT2D eigenvalue weighted by molar-refractivity contribution is 5.09. The molecule has 0 radical (unpaired) electrons. The third-order valence-electron chi connectivity index (χ3n) is 3.71. The second-order valence-electron chi connectivity index (χ2n) is 5.11. The van der Waals surface area contributed by atoms with Gasteiger partial charge in [0.05, 0.1) is 24.7 Å². The molecule has 0 saturated carbocycles. The fourth-order valence-electron chi connectivity index (χ4n) is 2.67. The zero-order valence-corrected chi connectivity index (χ0v) is 11.2. The molecule has 4 nitrogen and oxygen atoms in total. The Kier molecular flexibility index (Phi) is 4.27. The Morgan fingerprint density at radius 1 is 1.37 bits per heavy atom. The van der Waals surface area contributed by atoms with Crippen LogP contribution in [-0.2, 0) is 14.2 Å². The van der Waals surface area contributed by atoms with Gasteiger partial charge in [-0.05, 0) is 18.9 Å². The van der Waals surface area contributed by atoms with Crippen molar-refractivity contribution in [3.05, 3.63) is 12.2 Å². The lowest BCUT2D eigenvalue weighted by Gasteiger charge is -2.54. The number of hydrogen-bond acceptors (Lipinski definition) is 4. The lowest BCUT2D eigenvalue weighted by molar-refractivity contribution is -0.482. The highest BCUT2D eigenvalue weighted by Gasteiger charge is 2.57. The molecule has 0 aromatic rings. The Morgan fingerprint density at radius 3 is 2.68 bits per heavy atom. The molecule has 3 aliphatic heterocycles. The van der Waals surface area contributed by atoms with E-state index in [0.717, 1.165) is 12.8 Å². The molecule has 0 N–H and O–H groups in total. The monoisotopic (exact) mass is 261 g/mol. The lowest BCUT2D eigenvalue weighted by Crippen LogP contribution is -2.64. The van der Waals surface area contributed by atoms with Crippen molar-refractivity contribution in [2.24, 2.45) is 5.41 Å². The van der Waals surface area contributed by atoms with Crippen LogP contribution in [0.4, 0.5) is 0 Å². The van der Waals surface area contributed by atoms with Gasteiger partial charge in [-0.25, -0.2) is 0 Å². The van der Waals surface area contributed by atoms with E-state index in [9.17, 15) is 5.26 Å². The molecule has 0 spiro atoms. The van der Waals surface area contributed by atoms with Crippen LogP contribution >= 0.6 is 0 Å². The number of ether oxygens (including phenoxy) is 3. The van der Waals surface area contributed by atoms with E-state index >= 15 is 0 Å². The Hall–Kier alpha value is -1.33. The molecule has 0 aliphatic carbocycles. The summed E-state index contributed by atoms with van der Waals surface area (Å²) in [6.07, 6.45) is 11.3. The van der Waals surface area contributed by atoms with Gasteiger partial charge in [-0.15, -0.1) is 6.42 Å². The van der Waals surface area contributed by atoms with Crippen molar-refractivity contribution >= 4 is 0 Å². The fourth-order valence-corrected chi connectivity index (χ4v) is 2.67. The normalized spacial score (nSPS) is 37.1. The van der Waals surface area contributed by atoms with Crippen LogP contribution < -0.4 is 0 Å². The molecule has 3 heterocycles. The smallest absolute Gasteiger partial charge is 0.284 e.